The molecule has 0 rings (SSSR count). The molecule has 0 aromatic carbocycles. The lowest BCUT2D eigenvalue weighted by atomic mass is 10.0. The second-order valence-electron chi connectivity index (χ2n) is 27.0. The summed E-state index contributed by atoms with van der Waals surface area (Å²) in [5, 5.41) is 10.6. The Morgan fingerprint density at radius 2 is 0.500 bits per heavy atom. The Balaban J connectivity index is 5.40. The highest BCUT2D eigenvalue weighted by molar-refractivity contribution is 7.47. The van der Waals surface area contributed by atoms with E-state index in [9.17, 15) is 43.2 Å². The standard InChI is InChI=1S/C85H146O17P2/c1-5-9-13-17-21-25-29-33-37-38-39-40-44-46-50-54-58-62-66-70-83(88)96-76-81(102-85(90)72-68-64-60-56-52-48-43-36-32-28-24-20-16-12-8-4)78-100-104(93,94)98-74-79(86)73-97-103(91,92)99-77-80(101-84(89)71-67-63-59-55-51-47-42-35-31-27-23-19-15-11-7-3)75-95-82(87)69-65-61-57-53-49-45-41-34-30-26-22-18-14-10-6-2/h10-11,14-15,21-23,25-27,33-35,37,39-42,49,53,79-81,86H,5-9,12-13,16-20,24,28-32,36,38,43-48,50-52,54-78H2,1-4H3,(H,91,92)(H,93,94)/b14-10-,15-11-,25-21-,26-22-,27-23-,37-33-,40-39-,41-34-,42-35-,53-49-. The van der Waals surface area contributed by atoms with Gasteiger partial charge in [0.1, 0.15) is 19.3 Å². The first-order chi connectivity index (χ1) is 50.7. The minimum absolute atomic E-state index is 0.0642. The zero-order valence-corrected chi connectivity index (χ0v) is 67.2. The highest BCUT2D eigenvalue weighted by Gasteiger charge is 2.30. The van der Waals surface area contributed by atoms with Gasteiger partial charge in [-0.3, -0.25) is 37.3 Å². The van der Waals surface area contributed by atoms with Crippen LogP contribution >= 0.6 is 15.6 Å². The number of phosphoric ester groups is 2. The maximum absolute atomic E-state index is 13.1. The van der Waals surface area contributed by atoms with E-state index in [0.717, 1.165) is 173 Å². The van der Waals surface area contributed by atoms with Crippen LogP contribution in [-0.2, 0) is 65.4 Å². The molecule has 0 heterocycles. The molecule has 0 fully saturated rings. The van der Waals surface area contributed by atoms with Crippen LogP contribution in [0.3, 0.4) is 0 Å². The molecule has 0 aliphatic rings. The van der Waals surface area contributed by atoms with E-state index < -0.39 is 97.5 Å². The first kappa shape index (κ1) is 99.5. The summed E-state index contributed by atoms with van der Waals surface area (Å²) < 4.78 is 68.6. The molecule has 0 aliphatic carbocycles. The van der Waals surface area contributed by atoms with Crippen molar-refractivity contribution >= 4 is 39.5 Å². The molecule has 0 spiro atoms. The lowest BCUT2D eigenvalue weighted by molar-refractivity contribution is -0.161. The Bertz CT molecular complexity index is 2440. The molecule has 17 nitrogen and oxygen atoms in total. The molecule has 598 valence electrons. The lowest BCUT2D eigenvalue weighted by Gasteiger charge is -2.21. The van der Waals surface area contributed by atoms with E-state index in [1.165, 1.54) is 83.5 Å². The average Bonchev–Trinajstić information content (AvgIpc) is 0.912. The van der Waals surface area contributed by atoms with Gasteiger partial charge in [0.25, 0.3) is 0 Å². The lowest BCUT2D eigenvalue weighted by Crippen LogP contribution is -2.30. The van der Waals surface area contributed by atoms with Gasteiger partial charge in [0.15, 0.2) is 12.2 Å². The van der Waals surface area contributed by atoms with E-state index in [1.54, 1.807) is 0 Å². The van der Waals surface area contributed by atoms with Crippen molar-refractivity contribution in [2.45, 2.75) is 354 Å². The van der Waals surface area contributed by atoms with Crippen molar-refractivity contribution in [1.82, 2.24) is 0 Å². The fraction of sp³-hybridized carbons (Fsp3) is 0.718. The SMILES string of the molecule is CC/C=C\C/C=C\C/C=C\C/C=C\CCCCC(=O)OCC(COP(=O)(O)OCC(O)COP(=O)(O)OCC(COC(=O)CCCCCCCC/C=C\C/C=C\C/C=C\CCCCC)OC(=O)CCCCCCCCCCCCCCCCC)OC(=O)CCCCCCC/C=C\C/C=C\C/C=C\CC. The van der Waals surface area contributed by atoms with Crippen LogP contribution in [0.15, 0.2) is 122 Å². The summed E-state index contributed by atoms with van der Waals surface area (Å²) in [7, 11) is -9.98. The molecule has 0 saturated heterocycles. The number of carbonyl (C=O) groups is 4. The number of phosphoric acid groups is 2. The number of carbonyl (C=O) groups excluding carboxylic acids is 4. The molecular weight excluding hydrogens is 1350 g/mol. The summed E-state index contributed by atoms with van der Waals surface area (Å²) in [4.78, 5) is 73.1. The number of aliphatic hydroxyl groups is 1. The highest BCUT2D eigenvalue weighted by Crippen LogP contribution is 2.45. The summed E-state index contributed by atoms with van der Waals surface area (Å²) in [5.41, 5.74) is 0. The third-order valence-electron chi connectivity index (χ3n) is 16.9. The molecule has 0 aromatic heterocycles. The summed E-state index contributed by atoms with van der Waals surface area (Å²) in [6.45, 7) is 4.58. The van der Waals surface area contributed by atoms with Gasteiger partial charge >= 0.3 is 39.5 Å². The molecule has 5 atom stereocenters. The van der Waals surface area contributed by atoms with Gasteiger partial charge in [0.05, 0.1) is 26.4 Å². The first-order valence-corrected chi connectivity index (χ1v) is 43.8. The smallest absolute Gasteiger partial charge is 0.462 e. The van der Waals surface area contributed by atoms with Crippen molar-refractivity contribution in [3.63, 3.8) is 0 Å². The average molecular weight is 1500 g/mol. The number of hydrogen-bond acceptors (Lipinski definition) is 15. The molecule has 19 heteroatoms. The summed E-state index contributed by atoms with van der Waals surface area (Å²) in [6, 6.07) is 0. The van der Waals surface area contributed by atoms with Crippen LogP contribution in [0.25, 0.3) is 0 Å². The van der Waals surface area contributed by atoms with Gasteiger partial charge in [-0.25, -0.2) is 9.13 Å². The third kappa shape index (κ3) is 75.7. The van der Waals surface area contributed by atoms with Crippen LogP contribution in [0.1, 0.15) is 336 Å². The summed E-state index contributed by atoms with van der Waals surface area (Å²) >= 11 is 0. The van der Waals surface area contributed by atoms with Gasteiger partial charge in [-0.2, -0.15) is 0 Å². The number of rotatable bonds is 76. The largest absolute Gasteiger partial charge is 0.472 e. The Kier molecular flexibility index (Phi) is 73.3. The summed E-state index contributed by atoms with van der Waals surface area (Å²) in [6.07, 6.45) is 84.6. The molecular formula is C85H146O17P2. The predicted molar refractivity (Wildman–Crippen MR) is 427 cm³/mol. The van der Waals surface area contributed by atoms with Gasteiger partial charge in [-0.1, -0.05) is 297 Å². The van der Waals surface area contributed by atoms with Gasteiger partial charge in [0.2, 0.25) is 0 Å². The molecule has 0 amide bonds. The van der Waals surface area contributed by atoms with Crippen LogP contribution in [-0.4, -0.2) is 96.7 Å². The number of ether oxygens (including phenoxy) is 4. The van der Waals surface area contributed by atoms with Crippen LogP contribution in [0, 0.1) is 0 Å². The van der Waals surface area contributed by atoms with Crippen molar-refractivity contribution in [2.75, 3.05) is 39.6 Å². The number of aliphatic hydroxyl groups excluding tert-OH is 1. The number of allylic oxidation sites excluding steroid dienone is 20. The van der Waals surface area contributed by atoms with Crippen LogP contribution in [0.4, 0.5) is 0 Å². The predicted octanol–water partition coefficient (Wildman–Crippen LogP) is 23.9. The molecule has 0 saturated carbocycles. The van der Waals surface area contributed by atoms with E-state index in [0.29, 0.717) is 25.7 Å². The summed E-state index contributed by atoms with van der Waals surface area (Å²) in [5.74, 6) is -2.24. The normalized spacial score (nSPS) is 14.5. The van der Waals surface area contributed by atoms with E-state index in [4.69, 9.17) is 37.0 Å². The van der Waals surface area contributed by atoms with Crippen LogP contribution in [0.5, 0.6) is 0 Å². The minimum atomic E-state index is -4.99. The minimum Gasteiger partial charge on any atom is -0.462 e. The van der Waals surface area contributed by atoms with Crippen molar-refractivity contribution in [3.05, 3.63) is 122 Å². The Hall–Kier alpha value is -4.54. The molecule has 0 bridgehead atoms. The monoisotopic (exact) mass is 1500 g/mol. The number of hydrogen-bond donors (Lipinski definition) is 3. The second kappa shape index (κ2) is 76.6. The Morgan fingerprint density at radius 3 is 0.808 bits per heavy atom. The fourth-order valence-corrected chi connectivity index (χ4v) is 12.3. The fourth-order valence-electron chi connectivity index (χ4n) is 10.8. The molecule has 0 aliphatic heterocycles. The molecule has 5 unspecified atom stereocenters. The van der Waals surface area contributed by atoms with Gasteiger partial charge in [-0.05, 0) is 135 Å². The number of esters is 4. The Morgan fingerprint density at radius 1 is 0.279 bits per heavy atom. The van der Waals surface area contributed by atoms with Crippen molar-refractivity contribution in [3.8, 4) is 0 Å². The third-order valence-corrected chi connectivity index (χ3v) is 18.8. The van der Waals surface area contributed by atoms with Crippen molar-refractivity contribution in [1.29, 1.82) is 0 Å². The van der Waals surface area contributed by atoms with Gasteiger partial charge in [0, 0.05) is 25.7 Å². The van der Waals surface area contributed by atoms with E-state index in [2.05, 4.69) is 149 Å². The van der Waals surface area contributed by atoms with Gasteiger partial charge < -0.3 is 33.8 Å². The zero-order valence-electron chi connectivity index (χ0n) is 65.4. The highest BCUT2D eigenvalue weighted by atomic mass is 31.2. The molecule has 104 heavy (non-hydrogen) atoms. The quantitative estimate of drug-likeness (QED) is 0.0169. The van der Waals surface area contributed by atoms with Crippen molar-refractivity contribution in [2.24, 2.45) is 0 Å². The maximum atomic E-state index is 13.1. The van der Waals surface area contributed by atoms with E-state index >= 15 is 0 Å². The van der Waals surface area contributed by atoms with Gasteiger partial charge in [-0.15, -0.1) is 0 Å². The zero-order chi connectivity index (χ0) is 76.0. The maximum Gasteiger partial charge on any atom is 0.472 e. The topological polar surface area (TPSA) is 237 Å². The van der Waals surface area contributed by atoms with Crippen LogP contribution in [0.2, 0.25) is 0 Å². The second-order valence-corrected chi connectivity index (χ2v) is 29.9. The molecule has 0 aromatic rings. The number of unbranched alkanes of at least 4 members (excludes halogenated alkanes) is 30. The van der Waals surface area contributed by atoms with E-state index in [1.807, 2.05) is 0 Å². The first-order valence-electron chi connectivity index (χ1n) is 40.8. The Labute approximate surface area is 632 Å². The van der Waals surface area contributed by atoms with Crippen molar-refractivity contribution < 1.29 is 80.2 Å². The molecule has 0 radical (unpaired) electrons. The van der Waals surface area contributed by atoms with E-state index in [-0.39, 0.29) is 25.7 Å². The van der Waals surface area contributed by atoms with Crippen LogP contribution < -0.4 is 0 Å². The molecule has 3 N–H and O–H groups in total.